The van der Waals surface area contributed by atoms with Gasteiger partial charge in [-0.1, -0.05) is 0 Å². The lowest BCUT2D eigenvalue weighted by molar-refractivity contribution is 0.287. The second-order valence-corrected chi connectivity index (χ2v) is 3.00. The van der Waals surface area contributed by atoms with Crippen molar-refractivity contribution in [1.82, 2.24) is 0 Å². The molecular formula is C11H16O3. The largest absolute Gasteiger partial charge is 0.497 e. The zero-order valence-corrected chi connectivity index (χ0v) is 8.62. The topological polar surface area (TPSA) is 38.7 Å². The van der Waals surface area contributed by atoms with E-state index >= 15 is 0 Å². The zero-order valence-electron chi connectivity index (χ0n) is 8.62. The van der Waals surface area contributed by atoms with Gasteiger partial charge in [0.05, 0.1) is 14.2 Å². The van der Waals surface area contributed by atoms with E-state index in [4.69, 9.17) is 14.6 Å². The Hall–Kier alpha value is -1.22. The smallest absolute Gasteiger partial charge is 0.122 e. The molecule has 1 aromatic carbocycles. The summed E-state index contributed by atoms with van der Waals surface area (Å²) >= 11 is 0. The maximum atomic E-state index is 8.75. The van der Waals surface area contributed by atoms with Gasteiger partial charge in [0, 0.05) is 6.61 Å². The zero-order chi connectivity index (χ0) is 10.4. The van der Waals surface area contributed by atoms with E-state index in [-0.39, 0.29) is 6.61 Å². The molecule has 14 heavy (non-hydrogen) atoms. The van der Waals surface area contributed by atoms with Gasteiger partial charge in [0.25, 0.3) is 0 Å². The summed E-state index contributed by atoms with van der Waals surface area (Å²) in [6.45, 7) is 0.195. The van der Waals surface area contributed by atoms with Crippen molar-refractivity contribution >= 4 is 0 Å². The van der Waals surface area contributed by atoms with Gasteiger partial charge >= 0.3 is 0 Å². The number of ether oxygens (including phenoxy) is 2. The monoisotopic (exact) mass is 196 g/mol. The molecular weight excluding hydrogens is 180 g/mol. The van der Waals surface area contributed by atoms with Gasteiger partial charge in [0.2, 0.25) is 0 Å². The lowest BCUT2D eigenvalue weighted by atomic mass is 10.1. The van der Waals surface area contributed by atoms with E-state index in [2.05, 4.69) is 0 Å². The number of rotatable bonds is 5. The molecule has 0 fully saturated rings. The van der Waals surface area contributed by atoms with Crippen LogP contribution in [0, 0.1) is 0 Å². The Balaban J connectivity index is 2.84. The molecule has 0 unspecified atom stereocenters. The maximum absolute atomic E-state index is 8.75. The molecule has 0 radical (unpaired) electrons. The molecule has 3 heteroatoms. The van der Waals surface area contributed by atoms with Crippen LogP contribution in [-0.4, -0.2) is 25.9 Å². The fraction of sp³-hybridized carbons (Fsp3) is 0.455. The highest BCUT2D eigenvalue weighted by atomic mass is 16.5. The number of aryl methyl sites for hydroxylation is 1. The van der Waals surface area contributed by atoms with Gasteiger partial charge in [0.15, 0.2) is 0 Å². The van der Waals surface area contributed by atoms with Gasteiger partial charge in [-0.2, -0.15) is 0 Å². The Morgan fingerprint density at radius 1 is 1.21 bits per heavy atom. The van der Waals surface area contributed by atoms with Gasteiger partial charge in [-0.3, -0.25) is 0 Å². The number of methoxy groups -OCH3 is 2. The first-order chi connectivity index (χ1) is 6.81. The van der Waals surface area contributed by atoms with Gasteiger partial charge < -0.3 is 14.6 Å². The molecule has 1 aromatic rings. The predicted octanol–water partition coefficient (Wildman–Crippen LogP) is 1.63. The third-order valence-corrected chi connectivity index (χ3v) is 2.09. The van der Waals surface area contributed by atoms with Crippen molar-refractivity contribution < 1.29 is 14.6 Å². The quantitative estimate of drug-likeness (QED) is 0.777. The fourth-order valence-corrected chi connectivity index (χ4v) is 1.35. The molecule has 0 aromatic heterocycles. The summed E-state index contributed by atoms with van der Waals surface area (Å²) in [5, 5.41) is 8.75. The SMILES string of the molecule is COc1ccc(OC)c(CCCO)c1. The van der Waals surface area contributed by atoms with Gasteiger partial charge in [-0.25, -0.2) is 0 Å². The van der Waals surface area contributed by atoms with Crippen LogP contribution < -0.4 is 9.47 Å². The molecule has 0 aliphatic rings. The normalized spacial score (nSPS) is 9.93. The first-order valence-corrected chi connectivity index (χ1v) is 4.63. The average Bonchev–Trinajstić information content (AvgIpc) is 2.25. The van der Waals surface area contributed by atoms with Gasteiger partial charge in [-0.05, 0) is 36.6 Å². The van der Waals surface area contributed by atoms with E-state index in [9.17, 15) is 0 Å². The highest BCUT2D eigenvalue weighted by molar-refractivity contribution is 5.40. The van der Waals surface area contributed by atoms with E-state index < -0.39 is 0 Å². The molecule has 0 amide bonds. The third kappa shape index (κ3) is 2.64. The second-order valence-electron chi connectivity index (χ2n) is 3.00. The number of benzene rings is 1. The van der Waals surface area contributed by atoms with Crippen LogP contribution in [0.15, 0.2) is 18.2 Å². The lowest BCUT2D eigenvalue weighted by Gasteiger charge is -2.09. The molecule has 78 valence electrons. The minimum Gasteiger partial charge on any atom is -0.497 e. The van der Waals surface area contributed by atoms with E-state index in [1.54, 1.807) is 14.2 Å². The van der Waals surface area contributed by atoms with Crippen LogP contribution in [0.1, 0.15) is 12.0 Å². The molecule has 3 nitrogen and oxygen atoms in total. The van der Waals surface area contributed by atoms with Crippen molar-refractivity contribution in [2.24, 2.45) is 0 Å². The Labute approximate surface area is 84.3 Å². The average molecular weight is 196 g/mol. The van der Waals surface area contributed by atoms with Crippen molar-refractivity contribution in [2.45, 2.75) is 12.8 Å². The molecule has 0 saturated heterocycles. The number of hydrogen-bond acceptors (Lipinski definition) is 3. The highest BCUT2D eigenvalue weighted by Gasteiger charge is 2.03. The van der Waals surface area contributed by atoms with Crippen LogP contribution in [0.3, 0.4) is 0 Å². The Morgan fingerprint density at radius 2 is 2.00 bits per heavy atom. The minimum absolute atomic E-state index is 0.195. The number of aliphatic hydroxyl groups is 1. The summed E-state index contributed by atoms with van der Waals surface area (Å²) < 4.78 is 10.3. The van der Waals surface area contributed by atoms with Crippen LogP contribution in [-0.2, 0) is 6.42 Å². The first-order valence-electron chi connectivity index (χ1n) is 4.63. The molecule has 0 atom stereocenters. The molecule has 0 bridgehead atoms. The highest BCUT2D eigenvalue weighted by Crippen LogP contribution is 2.24. The van der Waals surface area contributed by atoms with Crippen molar-refractivity contribution in [3.63, 3.8) is 0 Å². The summed E-state index contributed by atoms with van der Waals surface area (Å²) in [4.78, 5) is 0. The third-order valence-electron chi connectivity index (χ3n) is 2.09. The summed E-state index contributed by atoms with van der Waals surface area (Å²) in [7, 11) is 3.28. The maximum Gasteiger partial charge on any atom is 0.122 e. The Morgan fingerprint density at radius 3 is 2.57 bits per heavy atom. The van der Waals surface area contributed by atoms with Crippen molar-refractivity contribution in [3.8, 4) is 11.5 Å². The lowest BCUT2D eigenvalue weighted by Crippen LogP contribution is -1.95. The molecule has 0 aliphatic carbocycles. The van der Waals surface area contributed by atoms with Crippen molar-refractivity contribution in [1.29, 1.82) is 0 Å². The van der Waals surface area contributed by atoms with Gasteiger partial charge in [0.1, 0.15) is 11.5 Å². The van der Waals surface area contributed by atoms with Crippen LogP contribution >= 0.6 is 0 Å². The van der Waals surface area contributed by atoms with Crippen LogP contribution in [0.5, 0.6) is 11.5 Å². The molecule has 0 spiro atoms. The minimum atomic E-state index is 0.195. The first kappa shape index (κ1) is 10.9. The van der Waals surface area contributed by atoms with E-state index in [1.807, 2.05) is 18.2 Å². The van der Waals surface area contributed by atoms with Crippen LogP contribution in [0.2, 0.25) is 0 Å². The van der Waals surface area contributed by atoms with Crippen molar-refractivity contribution in [2.75, 3.05) is 20.8 Å². The number of aliphatic hydroxyl groups excluding tert-OH is 1. The Bertz CT molecular complexity index is 284. The molecule has 0 heterocycles. The summed E-state index contributed by atoms with van der Waals surface area (Å²) in [6, 6.07) is 5.68. The van der Waals surface area contributed by atoms with Crippen LogP contribution in [0.4, 0.5) is 0 Å². The number of hydrogen-bond donors (Lipinski definition) is 1. The summed E-state index contributed by atoms with van der Waals surface area (Å²) in [5.74, 6) is 1.66. The molecule has 0 aliphatic heterocycles. The standard InChI is InChI=1S/C11H16O3/c1-13-10-5-6-11(14-2)9(8-10)4-3-7-12/h5-6,8,12H,3-4,7H2,1-2H3. The Kier molecular flexibility index (Phi) is 4.26. The van der Waals surface area contributed by atoms with Gasteiger partial charge in [-0.15, -0.1) is 0 Å². The summed E-state index contributed by atoms with van der Waals surface area (Å²) in [6.07, 6.45) is 1.54. The van der Waals surface area contributed by atoms with E-state index in [0.717, 1.165) is 29.9 Å². The van der Waals surface area contributed by atoms with E-state index in [0.29, 0.717) is 0 Å². The summed E-state index contributed by atoms with van der Waals surface area (Å²) in [5.41, 5.74) is 1.07. The predicted molar refractivity (Wildman–Crippen MR) is 55.0 cm³/mol. The molecule has 1 rings (SSSR count). The van der Waals surface area contributed by atoms with Crippen LogP contribution in [0.25, 0.3) is 0 Å². The molecule has 1 N–H and O–H groups in total. The second kappa shape index (κ2) is 5.50. The fourth-order valence-electron chi connectivity index (χ4n) is 1.35. The van der Waals surface area contributed by atoms with E-state index in [1.165, 1.54) is 0 Å². The molecule has 0 saturated carbocycles. The van der Waals surface area contributed by atoms with Crippen molar-refractivity contribution in [3.05, 3.63) is 23.8 Å².